The number of hydrogen-bond acceptors (Lipinski definition) is 1. The van der Waals surface area contributed by atoms with Crippen molar-refractivity contribution < 1.29 is 4.79 Å². The van der Waals surface area contributed by atoms with Crippen molar-refractivity contribution in [2.24, 2.45) is 5.92 Å². The van der Waals surface area contributed by atoms with Crippen LogP contribution >= 0.6 is 15.9 Å². The smallest absolute Gasteiger partial charge is 0.119 e. The summed E-state index contributed by atoms with van der Waals surface area (Å²) in [4.78, 5) is 9.93. The molecule has 0 rings (SSSR count). The second-order valence-corrected chi connectivity index (χ2v) is 3.47. The molecule has 0 aliphatic carbocycles. The molecule has 0 heterocycles. The second-order valence-electron chi connectivity index (χ2n) is 2.68. The van der Waals surface area contributed by atoms with Crippen LogP contribution in [0.5, 0.6) is 0 Å². The summed E-state index contributed by atoms with van der Waals surface area (Å²) in [6.45, 7) is 2.23. The molecule has 0 aliphatic rings. The van der Waals surface area contributed by atoms with Gasteiger partial charge in [0.25, 0.3) is 0 Å². The van der Waals surface area contributed by atoms with E-state index < -0.39 is 0 Å². The number of halogens is 1. The van der Waals surface area contributed by atoms with Crippen LogP contribution in [0, 0.1) is 5.92 Å². The summed E-state index contributed by atoms with van der Waals surface area (Å²) in [5.41, 5.74) is 0. The lowest BCUT2D eigenvalue weighted by molar-refractivity contribution is -0.107. The van der Waals surface area contributed by atoms with Crippen LogP contribution in [-0.4, -0.2) is 11.6 Å². The Balaban J connectivity index is 3.04. The van der Waals surface area contributed by atoms with E-state index in [4.69, 9.17) is 0 Å². The first-order chi connectivity index (χ1) is 4.81. The zero-order chi connectivity index (χ0) is 7.82. The molecule has 0 bridgehead atoms. The van der Waals surface area contributed by atoms with Crippen LogP contribution in [0.25, 0.3) is 0 Å². The van der Waals surface area contributed by atoms with Gasteiger partial charge >= 0.3 is 0 Å². The van der Waals surface area contributed by atoms with E-state index in [0.29, 0.717) is 0 Å². The molecule has 0 saturated carbocycles. The average Bonchev–Trinajstić information content (AvgIpc) is 1.89. The number of carbonyl (C=O) groups is 1. The molecule has 0 saturated heterocycles. The predicted octanol–water partition coefficient (Wildman–Crippen LogP) is 2.78. The van der Waals surface area contributed by atoms with E-state index in [2.05, 4.69) is 22.9 Å². The number of carbonyl (C=O) groups excluding carboxylic acids is 1. The summed E-state index contributed by atoms with van der Waals surface area (Å²) in [7, 11) is 0. The van der Waals surface area contributed by atoms with Crippen molar-refractivity contribution in [2.75, 3.05) is 5.33 Å². The van der Waals surface area contributed by atoms with Gasteiger partial charge in [0, 0.05) is 11.8 Å². The van der Waals surface area contributed by atoms with Gasteiger partial charge in [-0.05, 0) is 18.8 Å². The van der Waals surface area contributed by atoms with Gasteiger partial charge < -0.3 is 4.79 Å². The Morgan fingerprint density at radius 3 is 2.70 bits per heavy atom. The summed E-state index contributed by atoms with van der Waals surface area (Å²) in [5.74, 6) is 0.763. The van der Waals surface area contributed by atoms with Crippen molar-refractivity contribution in [3.05, 3.63) is 0 Å². The lowest BCUT2D eigenvalue weighted by Gasteiger charge is -2.06. The van der Waals surface area contributed by atoms with Crippen LogP contribution in [0.4, 0.5) is 0 Å². The van der Waals surface area contributed by atoms with Crippen molar-refractivity contribution in [3.8, 4) is 0 Å². The third kappa shape index (κ3) is 6.27. The summed E-state index contributed by atoms with van der Waals surface area (Å²) in [6.07, 6.45) is 5.19. The maximum atomic E-state index is 9.93. The fraction of sp³-hybridized carbons (Fsp3) is 0.875. The Morgan fingerprint density at radius 2 is 2.20 bits per heavy atom. The van der Waals surface area contributed by atoms with Crippen LogP contribution in [0.2, 0.25) is 0 Å². The van der Waals surface area contributed by atoms with Gasteiger partial charge in [0.05, 0.1) is 0 Å². The molecule has 0 aromatic heterocycles. The Labute approximate surface area is 71.3 Å². The van der Waals surface area contributed by atoms with E-state index in [1.165, 1.54) is 12.8 Å². The Bertz CT molecular complexity index is 83.3. The lowest BCUT2D eigenvalue weighted by atomic mass is 10.0. The molecule has 0 aliphatic heterocycles. The molecule has 0 amide bonds. The molecule has 1 unspecified atom stereocenters. The summed E-state index contributed by atoms with van der Waals surface area (Å²) >= 11 is 3.39. The van der Waals surface area contributed by atoms with Crippen LogP contribution < -0.4 is 0 Å². The van der Waals surface area contributed by atoms with Crippen molar-refractivity contribution in [1.82, 2.24) is 0 Å². The molecule has 1 atom stereocenters. The predicted molar refractivity (Wildman–Crippen MR) is 47.5 cm³/mol. The van der Waals surface area contributed by atoms with Gasteiger partial charge in [0.2, 0.25) is 0 Å². The van der Waals surface area contributed by atoms with E-state index >= 15 is 0 Å². The molecule has 1 nitrogen and oxygen atoms in total. The molecular weight excluding hydrogens is 192 g/mol. The third-order valence-electron chi connectivity index (χ3n) is 1.62. The molecule has 0 aromatic carbocycles. The number of alkyl halides is 1. The number of hydrogen-bond donors (Lipinski definition) is 0. The molecule has 0 aromatic rings. The fourth-order valence-corrected chi connectivity index (χ4v) is 1.66. The number of rotatable bonds is 6. The van der Waals surface area contributed by atoms with Crippen molar-refractivity contribution in [1.29, 1.82) is 0 Å². The highest BCUT2D eigenvalue weighted by molar-refractivity contribution is 9.09. The molecule has 0 spiro atoms. The van der Waals surface area contributed by atoms with Gasteiger partial charge in [-0.1, -0.05) is 29.3 Å². The third-order valence-corrected chi connectivity index (χ3v) is 2.08. The topological polar surface area (TPSA) is 17.1 Å². The minimum Gasteiger partial charge on any atom is -0.303 e. The lowest BCUT2D eigenvalue weighted by Crippen LogP contribution is -1.95. The zero-order valence-corrected chi connectivity index (χ0v) is 8.06. The van der Waals surface area contributed by atoms with Gasteiger partial charge in [-0.2, -0.15) is 0 Å². The number of unbranched alkanes of at least 4 members (excludes halogenated alkanes) is 1. The molecule has 0 fully saturated rings. The van der Waals surface area contributed by atoms with Crippen LogP contribution in [0.1, 0.15) is 32.6 Å². The fourth-order valence-electron chi connectivity index (χ4n) is 0.880. The van der Waals surface area contributed by atoms with E-state index in [-0.39, 0.29) is 0 Å². The quantitative estimate of drug-likeness (QED) is 0.372. The average molecular weight is 207 g/mol. The standard InChI is InChI=1S/C8H15BrO/c1-8(5-6-9)4-2-3-7-10/h7-8H,2-6H2,1H3. The van der Waals surface area contributed by atoms with Crippen LogP contribution in [0.15, 0.2) is 0 Å². The van der Waals surface area contributed by atoms with Gasteiger partial charge in [-0.15, -0.1) is 0 Å². The normalized spacial score (nSPS) is 13.0. The van der Waals surface area contributed by atoms with Crippen molar-refractivity contribution in [2.45, 2.75) is 32.6 Å². The largest absolute Gasteiger partial charge is 0.303 e. The summed E-state index contributed by atoms with van der Waals surface area (Å²) < 4.78 is 0. The minimum atomic E-state index is 0.729. The number of aldehydes is 1. The van der Waals surface area contributed by atoms with Gasteiger partial charge in [-0.3, -0.25) is 0 Å². The van der Waals surface area contributed by atoms with E-state index in [0.717, 1.165) is 30.4 Å². The first kappa shape index (κ1) is 10.2. The first-order valence-electron chi connectivity index (χ1n) is 3.81. The molecule has 2 heteroatoms. The van der Waals surface area contributed by atoms with E-state index in [1.54, 1.807) is 0 Å². The molecular formula is C8H15BrO. The minimum absolute atomic E-state index is 0.729. The van der Waals surface area contributed by atoms with Gasteiger partial charge in [0.15, 0.2) is 0 Å². The summed E-state index contributed by atoms with van der Waals surface area (Å²) in [6, 6.07) is 0. The highest BCUT2D eigenvalue weighted by atomic mass is 79.9. The Hall–Kier alpha value is 0.150. The van der Waals surface area contributed by atoms with Gasteiger partial charge in [0.1, 0.15) is 6.29 Å². The van der Waals surface area contributed by atoms with Crippen LogP contribution in [-0.2, 0) is 4.79 Å². The Morgan fingerprint density at radius 1 is 1.50 bits per heavy atom. The molecule has 60 valence electrons. The maximum absolute atomic E-state index is 9.93. The highest BCUT2D eigenvalue weighted by Gasteiger charge is 1.99. The van der Waals surface area contributed by atoms with E-state index in [1.807, 2.05) is 0 Å². The molecule has 0 radical (unpaired) electrons. The maximum Gasteiger partial charge on any atom is 0.119 e. The summed E-state index contributed by atoms with van der Waals surface area (Å²) in [5, 5.41) is 1.08. The second kappa shape index (κ2) is 7.26. The highest BCUT2D eigenvalue weighted by Crippen LogP contribution is 2.11. The van der Waals surface area contributed by atoms with Gasteiger partial charge in [-0.25, -0.2) is 0 Å². The SMILES string of the molecule is CC(CCBr)CCCC=O. The Kier molecular flexibility index (Phi) is 7.37. The first-order valence-corrected chi connectivity index (χ1v) is 4.93. The van der Waals surface area contributed by atoms with Crippen LogP contribution in [0.3, 0.4) is 0 Å². The monoisotopic (exact) mass is 206 g/mol. The zero-order valence-electron chi connectivity index (χ0n) is 6.48. The molecule has 10 heavy (non-hydrogen) atoms. The van der Waals surface area contributed by atoms with Crippen molar-refractivity contribution >= 4 is 22.2 Å². The van der Waals surface area contributed by atoms with E-state index in [9.17, 15) is 4.79 Å². The van der Waals surface area contributed by atoms with Crippen molar-refractivity contribution in [3.63, 3.8) is 0 Å². The molecule has 0 N–H and O–H groups in total.